The first-order valence-electron chi connectivity index (χ1n) is 7.97. The van der Waals surface area contributed by atoms with Crippen LogP contribution in [0.1, 0.15) is 45.1 Å². The van der Waals surface area contributed by atoms with E-state index in [0.717, 1.165) is 18.4 Å². The third kappa shape index (κ3) is 4.71. The molecule has 1 amide bonds. The Labute approximate surface area is 142 Å². The van der Waals surface area contributed by atoms with Gasteiger partial charge in [0.25, 0.3) is 0 Å². The van der Waals surface area contributed by atoms with E-state index in [4.69, 9.17) is 11.6 Å². The monoisotopic (exact) mass is 337 g/mol. The molecule has 0 radical (unpaired) electrons. The molecule has 1 aliphatic carbocycles. The molecule has 0 aliphatic heterocycles. The zero-order valence-corrected chi connectivity index (χ0v) is 14.4. The summed E-state index contributed by atoms with van der Waals surface area (Å²) >= 11 is 6.00. The Bertz CT molecular complexity index is 594. The fraction of sp³-hybridized carbons (Fsp3) is 0.556. The molecule has 0 aromatic heterocycles. The lowest BCUT2D eigenvalue weighted by molar-refractivity contribution is -0.157. The van der Waals surface area contributed by atoms with Crippen LogP contribution < -0.4 is 5.32 Å². The molecular weight excluding hydrogens is 314 g/mol. The second-order valence-corrected chi connectivity index (χ2v) is 7.80. The highest BCUT2D eigenvalue weighted by molar-refractivity contribution is 6.30. The summed E-state index contributed by atoms with van der Waals surface area (Å²) in [5, 5.41) is 12.9. The second-order valence-electron chi connectivity index (χ2n) is 7.36. The first-order valence-corrected chi connectivity index (χ1v) is 8.35. The van der Waals surface area contributed by atoms with E-state index in [1.807, 2.05) is 24.3 Å². The molecular formula is C18H24ClNO3. The van der Waals surface area contributed by atoms with Crippen LogP contribution in [0.25, 0.3) is 0 Å². The summed E-state index contributed by atoms with van der Waals surface area (Å²) in [4.78, 5) is 23.4. The molecule has 1 aliphatic rings. The molecule has 5 heteroatoms. The lowest BCUT2D eigenvalue weighted by atomic mass is 9.66. The Hall–Kier alpha value is -1.55. The van der Waals surface area contributed by atoms with Crippen LogP contribution in [0.2, 0.25) is 5.02 Å². The van der Waals surface area contributed by atoms with Crippen molar-refractivity contribution in [3.63, 3.8) is 0 Å². The topological polar surface area (TPSA) is 66.4 Å². The summed E-state index contributed by atoms with van der Waals surface area (Å²) in [6.07, 6.45) is 2.96. The Morgan fingerprint density at radius 1 is 1.35 bits per heavy atom. The van der Waals surface area contributed by atoms with Gasteiger partial charge in [0, 0.05) is 18.0 Å². The molecule has 0 spiro atoms. The van der Waals surface area contributed by atoms with Crippen LogP contribution in [0.4, 0.5) is 0 Å². The van der Waals surface area contributed by atoms with Gasteiger partial charge in [-0.15, -0.1) is 0 Å². The van der Waals surface area contributed by atoms with Crippen molar-refractivity contribution in [2.45, 2.75) is 46.0 Å². The number of carboxylic acids is 1. The molecule has 0 bridgehead atoms. The fourth-order valence-corrected chi connectivity index (χ4v) is 3.25. The third-order valence-electron chi connectivity index (χ3n) is 4.60. The molecule has 2 N–H and O–H groups in total. The van der Waals surface area contributed by atoms with Gasteiger partial charge in [-0.05, 0) is 42.4 Å². The molecule has 0 atom stereocenters. The van der Waals surface area contributed by atoms with Crippen LogP contribution in [0, 0.1) is 10.8 Å². The number of carbonyl (C=O) groups excluding carboxylic acids is 1. The average Bonchev–Trinajstić information content (AvgIpc) is 2.40. The minimum atomic E-state index is -0.850. The molecule has 0 saturated heterocycles. The smallest absolute Gasteiger partial charge is 0.310 e. The largest absolute Gasteiger partial charge is 0.481 e. The fourth-order valence-electron chi connectivity index (χ4n) is 3.04. The Kier molecular flexibility index (Phi) is 5.35. The Morgan fingerprint density at radius 2 is 2.04 bits per heavy atom. The lowest BCUT2D eigenvalue weighted by Gasteiger charge is -2.37. The van der Waals surface area contributed by atoms with Gasteiger partial charge in [-0.1, -0.05) is 44.0 Å². The van der Waals surface area contributed by atoms with E-state index < -0.39 is 11.4 Å². The van der Waals surface area contributed by atoms with E-state index >= 15 is 0 Å². The molecule has 1 fully saturated rings. The van der Waals surface area contributed by atoms with Gasteiger partial charge < -0.3 is 10.4 Å². The summed E-state index contributed by atoms with van der Waals surface area (Å²) in [6.45, 7) is 4.66. The number of carbonyl (C=O) groups is 2. The number of carboxylic acid groups (broad SMARTS) is 1. The van der Waals surface area contributed by atoms with Crippen molar-refractivity contribution in [1.29, 1.82) is 0 Å². The van der Waals surface area contributed by atoms with Gasteiger partial charge in [-0.25, -0.2) is 0 Å². The molecule has 126 valence electrons. The molecule has 4 nitrogen and oxygen atoms in total. The number of halogens is 1. The standard InChI is InChI=1S/C18H24ClNO3/c1-17(2,10-13-5-3-6-14(19)9-13)12-20-15(21)11-18(16(22)23)7-4-8-18/h3,5-6,9H,4,7-8,10-12H2,1-2H3,(H,20,21)(H,22,23). The molecule has 1 aromatic carbocycles. The van der Waals surface area contributed by atoms with Gasteiger partial charge in [-0.3, -0.25) is 9.59 Å². The van der Waals surface area contributed by atoms with Gasteiger partial charge in [-0.2, -0.15) is 0 Å². The van der Waals surface area contributed by atoms with E-state index in [1.54, 1.807) is 0 Å². The highest BCUT2D eigenvalue weighted by Crippen LogP contribution is 2.44. The van der Waals surface area contributed by atoms with Gasteiger partial charge in [0.2, 0.25) is 5.91 Å². The number of benzene rings is 1. The van der Waals surface area contributed by atoms with Gasteiger partial charge >= 0.3 is 5.97 Å². The van der Waals surface area contributed by atoms with Gasteiger partial charge in [0.1, 0.15) is 0 Å². The van der Waals surface area contributed by atoms with Crippen molar-refractivity contribution in [1.82, 2.24) is 5.32 Å². The number of rotatable bonds is 7. The van der Waals surface area contributed by atoms with Crippen molar-refractivity contribution in [2.75, 3.05) is 6.54 Å². The molecule has 23 heavy (non-hydrogen) atoms. The van der Waals surface area contributed by atoms with E-state index in [1.165, 1.54) is 0 Å². The van der Waals surface area contributed by atoms with Crippen LogP contribution in [-0.4, -0.2) is 23.5 Å². The first-order chi connectivity index (χ1) is 10.7. The van der Waals surface area contributed by atoms with Crippen LogP contribution in [0.5, 0.6) is 0 Å². The van der Waals surface area contributed by atoms with E-state index in [-0.39, 0.29) is 17.7 Å². The Morgan fingerprint density at radius 3 is 2.57 bits per heavy atom. The molecule has 0 heterocycles. The zero-order chi connectivity index (χ0) is 17.1. The predicted octanol–water partition coefficient (Wildman–Crippen LogP) is 3.67. The number of nitrogens with one attached hydrogen (secondary N) is 1. The SMILES string of the molecule is CC(C)(CNC(=O)CC1(C(=O)O)CCC1)Cc1cccc(Cl)c1. The van der Waals surface area contributed by atoms with Gasteiger partial charge in [0.15, 0.2) is 0 Å². The second kappa shape index (κ2) is 6.91. The quantitative estimate of drug-likeness (QED) is 0.797. The first kappa shape index (κ1) is 17.8. The van der Waals surface area contributed by atoms with Crippen LogP contribution >= 0.6 is 11.6 Å². The minimum absolute atomic E-state index is 0.0789. The average molecular weight is 338 g/mol. The van der Waals surface area contributed by atoms with E-state index in [9.17, 15) is 14.7 Å². The summed E-state index contributed by atoms with van der Waals surface area (Å²) in [7, 11) is 0. The zero-order valence-electron chi connectivity index (χ0n) is 13.7. The maximum absolute atomic E-state index is 12.1. The van der Waals surface area contributed by atoms with Crippen molar-refractivity contribution < 1.29 is 14.7 Å². The normalized spacial score (nSPS) is 16.5. The van der Waals surface area contributed by atoms with Crippen LogP contribution in [0.15, 0.2) is 24.3 Å². The van der Waals surface area contributed by atoms with E-state index in [2.05, 4.69) is 19.2 Å². The summed E-state index contributed by atoms with van der Waals surface area (Å²) < 4.78 is 0. The summed E-state index contributed by atoms with van der Waals surface area (Å²) in [5.41, 5.74) is 0.162. The maximum atomic E-state index is 12.1. The number of hydrogen-bond acceptors (Lipinski definition) is 2. The molecule has 0 unspecified atom stereocenters. The Balaban J connectivity index is 1.86. The van der Waals surface area contributed by atoms with Gasteiger partial charge in [0.05, 0.1) is 5.41 Å². The molecule has 2 rings (SSSR count). The predicted molar refractivity (Wildman–Crippen MR) is 90.5 cm³/mol. The van der Waals surface area contributed by atoms with Crippen molar-refractivity contribution in [3.05, 3.63) is 34.9 Å². The highest BCUT2D eigenvalue weighted by atomic mass is 35.5. The van der Waals surface area contributed by atoms with Crippen LogP contribution in [-0.2, 0) is 16.0 Å². The minimum Gasteiger partial charge on any atom is -0.481 e. The van der Waals surface area contributed by atoms with Crippen molar-refractivity contribution in [3.8, 4) is 0 Å². The van der Waals surface area contributed by atoms with E-state index in [0.29, 0.717) is 24.4 Å². The highest BCUT2D eigenvalue weighted by Gasteiger charge is 2.45. The third-order valence-corrected chi connectivity index (χ3v) is 4.83. The molecule has 1 saturated carbocycles. The number of amides is 1. The summed E-state index contributed by atoms with van der Waals surface area (Å²) in [5.74, 6) is -1.02. The molecule has 1 aromatic rings. The maximum Gasteiger partial charge on any atom is 0.310 e. The van der Waals surface area contributed by atoms with Crippen molar-refractivity contribution in [2.24, 2.45) is 10.8 Å². The van der Waals surface area contributed by atoms with Crippen molar-refractivity contribution >= 4 is 23.5 Å². The number of aliphatic carboxylic acids is 1. The number of hydrogen-bond donors (Lipinski definition) is 2. The summed E-state index contributed by atoms with van der Waals surface area (Å²) in [6, 6.07) is 7.70. The van der Waals surface area contributed by atoms with Crippen LogP contribution in [0.3, 0.4) is 0 Å². The lowest BCUT2D eigenvalue weighted by Crippen LogP contribution is -2.44.